The van der Waals surface area contributed by atoms with Gasteiger partial charge in [-0.3, -0.25) is 0 Å². The Balaban J connectivity index is 0.000000461. The van der Waals surface area contributed by atoms with Crippen LogP contribution in [0.1, 0.15) is 17.3 Å². The molecule has 8 heteroatoms. The average molecular weight is 427 g/mol. The molecule has 0 spiro atoms. The molecule has 0 unspecified atom stereocenters. The summed E-state index contributed by atoms with van der Waals surface area (Å²) < 4.78 is 43.2. The summed E-state index contributed by atoms with van der Waals surface area (Å²) in [7, 11) is -5.42. The number of para-hydroxylation sites is 3. The van der Waals surface area contributed by atoms with Crippen molar-refractivity contribution >= 4 is 38.3 Å². The number of nitrogens with zero attached hydrogens (tertiary/aromatic N) is 1. The number of hydrogen-bond donors (Lipinski definition) is 0. The summed E-state index contributed by atoms with van der Waals surface area (Å²) >= 11 is 0. The first-order valence-corrected chi connectivity index (χ1v) is 10.4. The van der Waals surface area contributed by atoms with E-state index < -0.39 is 10.5 Å². The van der Waals surface area contributed by atoms with E-state index in [0.717, 1.165) is 28.4 Å². The van der Waals surface area contributed by atoms with E-state index >= 15 is 0 Å². The third-order valence-corrected chi connectivity index (χ3v) is 4.40. The van der Waals surface area contributed by atoms with Gasteiger partial charge in [-0.05, 0) is 31.2 Å². The van der Waals surface area contributed by atoms with Crippen LogP contribution in [0.15, 0.2) is 78.9 Å². The molecule has 0 N–H and O–H groups in total. The van der Waals surface area contributed by atoms with E-state index in [-0.39, 0.29) is 5.97 Å². The molecule has 3 aromatic carbocycles. The number of esters is 1. The van der Waals surface area contributed by atoms with Gasteiger partial charge in [0.2, 0.25) is 11.0 Å². The molecule has 0 bridgehead atoms. The SMILES string of the molecule is CC[n+]1c2ccccc2c(C(=O)Oc2ccccc2)c2ccccc21.O=S(=O)([O-])F. The minimum atomic E-state index is -5.42. The Morgan fingerprint density at radius 3 is 1.80 bits per heavy atom. The van der Waals surface area contributed by atoms with Gasteiger partial charge in [0.15, 0.2) is 0 Å². The molecule has 0 saturated carbocycles. The van der Waals surface area contributed by atoms with Gasteiger partial charge in [0.05, 0.1) is 16.3 Å². The molecule has 0 aliphatic carbocycles. The van der Waals surface area contributed by atoms with Crippen LogP contribution in [-0.2, 0) is 17.0 Å². The zero-order valence-corrected chi connectivity index (χ0v) is 16.8. The summed E-state index contributed by atoms with van der Waals surface area (Å²) in [6.07, 6.45) is 0. The van der Waals surface area contributed by atoms with Crippen LogP contribution in [-0.4, -0.2) is 18.9 Å². The second kappa shape index (κ2) is 8.98. The molecular weight excluding hydrogens is 409 g/mol. The first-order valence-electron chi connectivity index (χ1n) is 9.05. The van der Waals surface area contributed by atoms with Crippen LogP contribution in [0.2, 0.25) is 0 Å². The Labute approximate surface area is 173 Å². The van der Waals surface area contributed by atoms with Crippen molar-refractivity contribution in [1.82, 2.24) is 0 Å². The molecule has 0 aliphatic rings. The molecule has 0 radical (unpaired) electrons. The molecule has 0 aliphatic heterocycles. The Morgan fingerprint density at radius 2 is 1.33 bits per heavy atom. The third kappa shape index (κ3) is 4.97. The molecule has 154 valence electrons. The summed E-state index contributed by atoms with van der Waals surface area (Å²) in [6.45, 7) is 2.94. The average Bonchev–Trinajstić information content (AvgIpc) is 2.71. The topological polar surface area (TPSA) is 87.4 Å². The molecule has 0 atom stereocenters. The number of ether oxygens (including phenoxy) is 1. The standard InChI is InChI=1S/C22H18NO2.FHO3S/c1-2-23-19-14-8-6-12-17(19)21(18-13-7-9-15-20(18)23)22(24)25-16-10-4-3-5-11-16;1-5(2,3)4/h3-15H,2H2,1H3;(H,2,3,4)/q+1;/p-1. The van der Waals surface area contributed by atoms with E-state index in [4.69, 9.17) is 17.7 Å². The number of halogens is 1. The number of hydrogen-bond acceptors (Lipinski definition) is 5. The highest BCUT2D eigenvalue weighted by Gasteiger charge is 2.24. The summed E-state index contributed by atoms with van der Waals surface area (Å²) in [5.74, 6) is 0.217. The Bertz CT molecular complexity index is 1240. The largest absolute Gasteiger partial charge is 0.722 e. The van der Waals surface area contributed by atoms with Crippen LogP contribution in [0, 0.1) is 0 Å². The van der Waals surface area contributed by atoms with Gasteiger partial charge in [-0.25, -0.2) is 13.2 Å². The molecule has 4 aromatic rings. The lowest BCUT2D eigenvalue weighted by Crippen LogP contribution is -2.35. The fourth-order valence-corrected chi connectivity index (χ4v) is 3.32. The van der Waals surface area contributed by atoms with E-state index in [2.05, 4.69) is 11.5 Å². The molecule has 0 amide bonds. The monoisotopic (exact) mass is 427 g/mol. The third-order valence-electron chi connectivity index (χ3n) is 4.40. The molecular formula is C22H18FNO5S. The summed E-state index contributed by atoms with van der Waals surface area (Å²) in [4.78, 5) is 13.0. The molecule has 6 nitrogen and oxygen atoms in total. The maximum absolute atomic E-state index is 13.0. The van der Waals surface area contributed by atoms with Gasteiger partial charge < -0.3 is 9.29 Å². The van der Waals surface area contributed by atoms with Crippen molar-refractivity contribution < 1.29 is 31.0 Å². The number of aryl methyl sites for hydroxylation is 1. The zero-order valence-electron chi connectivity index (χ0n) is 16.0. The van der Waals surface area contributed by atoms with E-state index in [1.54, 1.807) is 12.1 Å². The highest BCUT2D eigenvalue weighted by atomic mass is 32.3. The fraction of sp³-hybridized carbons (Fsp3) is 0.0909. The lowest BCUT2D eigenvalue weighted by molar-refractivity contribution is -0.641. The number of carbonyl (C=O) groups is 1. The van der Waals surface area contributed by atoms with Crippen molar-refractivity contribution in [1.29, 1.82) is 0 Å². The highest BCUT2D eigenvalue weighted by molar-refractivity contribution is 7.80. The van der Waals surface area contributed by atoms with Gasteiger partial charge in [-0.2, -0.15) is 4.57 Å². The second-order valence-electron chi connectivity index (χ2n) is 6.25. The van der Waals surface area contributed by atoms with Gasteiger partial charge in [-0.1, -0.05) is 42.5 Å². The maximum Gasteiger partial charge on any atom is 0.345 e. The molecule has 4 rings (SSSR count). The molecule has 1 heterocycles. The molecule has 1 aromatic heterocycles. The Morgan fingerprint density at radius 1 is 0.900 bits per heavy atom. The van der Waals surface area contributed by atoms with Crippen molar-refractivity contribution in [2.75, 3.05) is 0 Å². The zero-order chi connectivity index (χ0) is 21.7. The quantitative estimate of drug-likeness (QED) is 0.123. The Kier molecular flexibility index (Phi) is 6.39. The maximum atomic E-state index is 13.0. The van der Waals surface area contributed by atoms with Crippen molar-refractivity contribution in [3.05, 3.63) is 84.4 Å². The first kappa shape index (κ1) is 21.4. The van der Waals surface area contributed by atoms with Gasteiger partial charge in [0.1, 0.15) is 12.3 Å². The minimum Gasteiger partial charge on any atom is -0.722 e. The van der Waals surface area contributed by atoms with Gasteiger partial charge in [0.25, 0.3) is 10.5 Å². The number of benzene rings is 3. The number of pyridine rings is 1. The first-order chi connectivity index (χ1) is 14.3. The van der Waals surface area contributed by atoms with Gasteiger partial charge in [-0.15, -0.1) is 3.89 Å². The van der Waals surface area contributed by atoms with Crippen molar-refractivity contribution in [2.24, 2.45) is 0 Å². The van der Waals surface area contributed by atoms with Crippen molar-refractivity contribution in [3.63, 3.8) is 0 Å². The fourth-order valence-electron chi connectivity index (χ4n) is 3.32. The van der Waals surface area contributed by atoms with Crippen LogP contribution < -0.4 is 9.30 Å². The number of aromatic nitrogens is 1. The highest BCUT2D eigenvalue weighted by Crippen LogP contribution is 2.26. The molecule has 30 heavy (non-hydrogen) atoms. The van der Waals surface area contributed by atoms with Crippen LogP contribution in [0.25, 0.3) is 21.8 Å². The predicted octanol–water partition coefficient (Wildman–Crippen LogP) is 3.94. The summed E-state index contributed by atoms with van der Waals surface area (Å²) in [5.41, 5.74) is 2.67. The number of carbonyl (C=O) groups excluding carboxylic acids is 1. The van der Waals surface area contributed by atoms with Crippen LogP contribution in [0.5, 0.6) is 5.75 Å². The van der Waals surface area contributed by atoms with Crippen molar-refractivity contribution in [3.8, 4) is 5.75 Å². The molecule has 0 fully saturated rings. The van der Waals surface area contributed by atoms with E-state index in [0.29, 0.717) is 11.3 Å². The van der Waals surface area contributed by atoms with Gasteiger partial charge >= 0.3 is 5.97 Å². The van der Waals surface area contributed by atoms with Crippen LogP contribution >= 0.6 is 0 Å². The lowest BCUT2D eigenvalue weighted by atomic mass is 10.0. The number of rotatable bonds is 3. The predicted molar refractivity (Wildman–Crippen MR) is 110 cm³/mol. The minimum absolute atomic E-state index is 0.332. The van der Waals surface area contributed by atoms with Crippen LogP contribution in [0.4, 0.5) is 3.89 Å². The lowest BCUT2D eigenvalue weighted by Gasteiger charge is -2.11. The number of fused-ring (bicyclic) bond motifs is 2. The Hall–Kier alpha value is -3.36. The smallest absolute Gasteiger partial charge is 0.345 e. The molecule has 0 saturated heterocycles. The van der Waals surface area contributed by atoms with Gasteiger partial charge in [0, 0.05) is 12.1 Å². The van der Waals surface area contributed by atoms with Crippen LogP contribution in [0.3, 0.4) is 0 Å². The van der Waals surface area contributed by atoms with Crippen molar-refractivity contribution in [2.45, 2.75) is 13.5 Å². The van der Waals surface area contributed by atoms with E-state index in [1.165, 1.54) is 0 Å². The van der Waals surface area contributed by atoms with E-state index in [1.807, 2.05) is 66.7 Å². The van der Waals surface area contributed by atoms with E-state index in [9.17, 15) is 8.68 Å². The normalized spacial score (nSPS) is 11.0. The second-order valence-corrected chi connectivity index (χ2v) is 7.04. The summed E-state index contributed by atoms with van der Waals surface area (Å²) in [6, 6.07) is 25.1. The summed E-state index contributed by atoms with van der Waals surface area (Å²) in [5, 5.41) is 1.81.